The summed E-state index contributed by atoms with van der Waals surface area (Å²) in [6.45, 7) is 4.80. The molecule has 25 heavy (non-hydrogen) atoms. The highest BCUT2D eigenvalue weighted by molar-refractivity contribution is 7.89. The fourth-order valence-electron chi connectivity index (χ4n) is 3.93. The van der Waals surface area contributed by atoms with E-state index in [-0.39, 0.29) is 0 Å². The van der Waals surface area contributed by atoms with Crippen LogP contribution in [-0.2, 0) is 10.0 Å². The topological polar surface area (TPSA) is 49.9 Å². The molecule has 0 radical (unpaired) electrons. The second kappa shape index (κ2) is 8.52. The fourth-order valence-corrected chi connectivity index (χ4v) is 5.43. The minimum Gasteiger partial charge on any atom is -0.497 e. The molecule has 5 nitrogen and oxygen atoms in total. The minimum atomic E-state index is -3.42. The summed E-state index contributed by atoms with van der Waals surface area (Å²) in [7, 11) is -1.86. The van der Waals surface area contributed by atoms with Crippen LogP contribution in [0.4, 0.5) is 0 Å². The Bertz CT molecular complexity index is 646. The molecule has 2 heterocycles. The molecule has 3 rings (SSSR count). The molecule has 0 saturated carbocycles. The zero-order valence-electron chi connectivity index (χ0n) is 15.2. The van der Waals surface area contributed by atoms with Crippen LogP contribution in [0.3, 0.4) is 0 Å². The van der Waals surface area contributed by atoms with Gasteiger partial charge in [-0.1, -0.05) is 18.9 Å². The van der Waals surface area contributed by atoms with Crippen LogP contribution in [0.1, 0.15) is 38.5 Å². The van der Waals surface area contributed by atoms with Gasteiger partial charge in [-0.2, -0.15) is 4.31 Å². The van der Waals surface area contributed by atoms with Gasteiger partial charge in [-0.25, -0.2) is 8.42 Å². The first-order valence-corrected chi connectivity index (χ1v) is 10.9. The van der Waals surface area contributed by atoms with E-state index < -0.39 is 10.0 Å². The number of sulfonamides is 1. The molecule has 0 N–H and O–H groups in total. The Labute approximate surface area is 152 Å². The number of methoxy groups -OCH3 is 1. The number of likely N-dealkylation sites (tertiary alicyclic amines) is 1. The molecular formula is C19H30N2O3S. The zero-order chi connectivity index (χ0) is 17.7. The molecule has 0 aliphatic carbocycles. The molecule has 1 aromatic rings. The highest BCUT2D eigenvalue weighted by Gasteiger charge is 2.30. The average Bonchev–Trinajstić information content (AvgIpc) is 2.91. The first kappa shape index (κ1) is 18.7. The van der Waals surface area contributed by atoms with E-state index in [1.807, 2.05) is 0 Å². The average molecular weight is 367 g/mol. The van der Waals surface area contributed by atoms with Gasteiger partial charge in [-0.05, 0) is 56.8 Å². The molecule has 2 aliphatic heterocycles. The van der Waals surface area contributed by atoms with Gasteiger partial charge in [-0.3, -0.25) is 0 Å². The van der Waals surface area contributed by atoms with Gasteiger partial charge >= 0.3 is 0 Å². The Balaban J connectivity index is 1.57. The minimum absolute atomic E-state index is 0.331. The molecule has 1 aromatic carbocycles. The maximum Gasteiger partial charge on any atom is 0.243 e. The number of ether oxygens (including phenoxy) is 1. The second-order valence-electron chi connectivity index (χ2n) is 7.24. The van der Waals surface area contributed by atoms with Crippen molar-refractivity contribution < 1.29 is 13.2 Å². The SMILES string of the molecule is COc1cccc(S(=O)(=O)N2CCC(CN3CCCCCC3)CC2)c1. The van der Waals surface area contributed by atoms with Crippen molar-refractivity contribution in [2.75, 3.05) is 39.8 Å². The number of hydrogen-bond donors (Lipinski definition) is 0. The summed E-state index contributed by atoms with van der Waals surface area (Å²) in [6.07, 6.45) is 7.24. The predicted octanol–water partition coefficient (Wildman–Crippen LogP) is 2.97. The fraction of sp³-hybridized carbons (Fsp3) is 0.684. The van der Waals surface area contributed by atoms with Gasteiger partial charge in [-0.15, -0.1) is 0 Å². The van der Waals surface area contributed by atoms with E-state index in [2.05, 4.69) is 4.90 Å². The highest BCUT2D eigenvalue weighted by atomic mass is 32.2. The summed E-state index contributed by atoms with van der Waals surface area (Å²) in [5, 5.41) is 0. The van der Waals surface area contributed by atoms with Crippen molar-refractivity contribution in [3.8, 4) is 5.75 Å². The van der Waals surface area contributed by atoms with Crippen molar-refractivity contribution in [3.05, 3.63) is 24.3 Å². The summed E-state index contributed by atoms with van der Waals surface area (Å²) in [5.74, 6) is 1.20. The van der Waals surface area contributed by atoms with Gasteiger partial charge in [0.05, 0.1) is 12.0 Å². The van der Waals surface area contributed by atoms with E-state index >= 15 is 0 Å². The first-order chi connectivity index (χ1) is 12.1. The van der Waals surface area contributed by atoms with Crippen LogP contribution in [-0.4, -0.2) is 57.5 Å². The largest absolute Gasteiger partial charge is 0.497 e. The standard InChI is InChI=1S/C19H30N2O3S/c1-24-18-7-6-8-19(15-18)25(22,23)21-13-9-17(10-14-21)16-20-11-4-2-3-5-12-20/h6-8,15,17H,2-5,9-14,16H2,1H3. The van der Waals surface area contributed by atoms with E-state index in [9.17, 15) is 8.42 Å². The number of rotatable bonds is 5. The van der Waals surface area contributed by atoms with Gasteiger partial charge in [0.25, 0.3) is 0 Å². The van der Waals surface area contributed by atoms with E-state index in [1.165, 1.54) is 38.8 Å². The Morgan fingerprint density at radius 2 is 1.72 bits per heavy atom. The molecule has 2 fully saturated rings. The molecule has 2 saturated heterocycles. The Hall–Kier alpha value is -1.11. The third-order valence-electron chi connectivity index (χ3n) is 5.47. The molecule has 0 atom stereocenters. The lowest BCUT2D eigenvalue weighted by Gasteiger charge is -2.34. The van der Waals surface area contributed by atoms with Crippen LogP contribution in [0.5, 0.6) is 5.75 Å². The van der Waals surface area contributed by atoms with Crippen molar-refractivity contribution in [1.29, 1.82) is 0 Å². The lowest BCUT2D eigenvalue weighted by Crippen LogP contribution is -2.41. The molecule has 0 unspecified atom stereocenters. The lowest BCUT2D eigenvalue weighted by atomic mass is 9.97. The van der Waals surface area contributed by atoms with Gasteiger partial charge < -0.3 is 9.64 Å². The van der Waals surface area contributed by atoms with Crippen molar-refractivity contribution in [3.63, 3.8) is 0 Å². The van der Waals surface area contributed by atoms with Crippen LogP contribution < -0.4 is 4.74 Å². The number of benzene rings is 1. The smallest absolute Gasteiger partial charge is 0.243 e. The molecule has 6 heteroatoms. The van der Waals surface area contributed by atoms with E-state index in [0.717, 1.165) is 19.4 Å². The summed E-state index contributed by atoms with van der Waals surface area (Å²) >= 11 is 0. The molecule has 140 valence electrons. The number of piperidine rings is 1. The molecule has 0 spiro atoms. The summed E-state index contributed by atoms with van der Waals surface area (Å²) in [6, 6.07) is 6.77. The zero-order valence-corrected chi connectivity index (χ0v) is 16.0. The molecule has 0 amide bonds. The Morgan fingerprint density at radius 1 is 1.04 bits per heavy atom. The van der Waals surface area contributed by atoms with Crippen LogP contribution in [0, 0.1) is 5.92 Å². The van der Waals surface area contributed by atoms with Crippen LogP contribution in [0.25, 0.3) is 0 Å². The van der Waals surface area contributed by atoms with E-state index in [4.69, 9.17) is 4.74 Å². The van der Waals surface area contributed by atoms with Crippen molar-refractivity contribution in [2.24, 2.45) is 5.92 Å². The molecular weight excluding hydrogens is 336 g/mol. The lowest BCUT2D eigenvalue weighted by molar-refractivity contribution is 0.186. The number of nitrogens with zero attached hydrogens (tertiary/aromatic N) is 2. The van der Waals surface area contributed by atoms with E-state index in [1.54, 1.807) is 35.7 Å². The molecule has 0 aromatic heterocycles. The first-order valence-electron chi connectivity index (χ1n) is 9.46. The Morgan fingerprint density at radius 3 is 2.36 bits per heavy atom. The van der Waals surface area contributed by atoms with Crippen molar-refractivity contribution >= 4 is 10.0 Å². The summed E-state index contributed by atoms with van der Waals surface area (Å²) in [4.78, 5) is 2.92. The molecule has 2 aliphatic rings. The monoisotopic (exact) mass is 366 g/mol. The van der Waals surface area contributed by atoms with Crippen LogP contribution in [0.15, 0.2) is 29.2 Å². The quantitative estimate of drug-likeness (QED) is 0.804. The van der Waals surface area contributed by atoms with Crippen LogP contribution in [0.2, 0.25) is 0 Å². The Kier molecular flexibility index (Phi) is 6.36. The number of hydrogen-bond acceptors (Lipinski definition) is 4. The molecule has 0 bridgehead atoms. The van der Waals surface area contributed by atoms with Crippen LogP contribution >= 0.6 is 0 Å². The normalized spacial score (nSPS) is 21.8. The highest BCUT2D eigenvalue weighted by Crippen LogP contribution is 2.26. The third kappa shape index (κ3) is 4.74. The van der Waals surface area contributed by atoms with Gasteiger partial charge in [0, 0.05) is 25.7 Å². The predicted molar refractivity (Wildman–Crippen MR) is 99.4 cm³/mol. The van der Waals surface area contributed by atoms with Crippen molar-refractivity contribution in [1.82, 2.24) is 9.21 Å². The summed E-state index contributed by atoms with van der Waals surface area (Å²) < 4.78 is 32.5. The maximum atomic E-state index is 12.9. The van der Waals surface area contributed by atoms with Gasteiger partial charge in [0.2, 0.25) is 10.0 Å². The second-order valence-corrected chi connectivity index (χ2v) is 9.18. The van der Waals surface area contributed by atoms with Gasteiger partial charge in [0.1, 0.15) is 5.75 Å². The van der Waals surface area contributed by atoms with Crippen molar-refractivity contribution in [2.45, 2.75) is 43.4 Å². The summed E-state index contributed by atoms with van der Waals surface area (Å²) in [5.41, 5.74) is 0. The third-order valence-corrected chi connectivity index (χ3v) is 7.36. The van der Waals surface area contributed by atoms with E-state index in [0.29, 0.717) is 29.7 Å². The van der Waals surface area contributed by atoms with Gasteiger partial charge in [0.15, 0.2) is 0 Å². The maximum absolute atomic E-state index is 12.9.